The number of tetrazole rings is 1. The first-order valence-corrected chi connectivity index (χ1v) is 5.48. The smallest absolute Gasteiger partial charge is 0.253 e. The van der Waals surface area contributed by atoms with Crippen LogP contribution in [-0.2, 0) is 9.53 Å². The van der Waals surface area contributed by atoms with E-state index in [1.165, 1.54) is 36.3 Å². The number of rotatable bonds is 4. The van der Waals surface area contributed by atoms with Gasteiger partial charge in [-0.3, -0.25) is 4.79 Å². The summed E-state index contributed by atoms with van der Waals surface area (Å²) in [5.74, 6) is -0.983. The van der Waals surface area contributed by atoms with E-state index in [2.05, 4.69) is 20.8 Å². The second-order valence-electron chi connectivity index (χ2n) is 3.79. The van der Waals surface area contributed by atoms with E-state index in [9.17, 15) is 9.18 Å². The van der Waals surface area contributed by atoms with Gasteiger partial charge in [-0.15, -0.1) is 5.10 Å². The van der Waals surface area contributed by atoms with E-state index < -0.39 is 17.8 Å². The molecule has 1 heterocycles. The molecular weight excluding hydrogens is 253 g/mol. The first kappa shape index (κ1) is 13.1. The maximum Gasteiger partial charge on any atom is 0.253 e. The van der Waals surface area contributed by atoms with Crippen LogP contribution in [0.5, 0.6) is 0 Å². The zero-order chi connectivity index (χ0) is 13.8. The van der Waals surface area contributed by atoms with Crippen LogP contribution in [0.15, 0.2) is 24.5 Å². The molecule has 1 aromatic carbocycles. The molecule has 0 fully saturated rings. The summed E-state index contributed by atoms with van der Waals surface area (Å²) in [6, 6.07) is 4.16. The van der Waals surface area contributed by atoms with Crippen molar-refractivity contribution in [3.8, 4) is 5.69 Å². The summed E-state index contributed by atoms with van der Waals surface area (Å²) in [6.45, 7) is 1.57. The van der Waals surface area contributed by atoms with Crippen molar-refractivity contribution >= 4 is 11.6 Å². The first-order valence-electron chi connectivity index (χ1n) is 5.48. The molecule has 8 heteroatoms. The minimum Gasteiger partial charge on any atom is -0.372 e. The highest BCUT2D eigenvalue weighted by atomic mass is 19.1. The predicted molar refractivity (Wildman–Crippen MR) is 64.2 cm³/mol. The van der Waals surface area contributed by atoms with E-state index in [0.29, 0.717) is 5.69 Å². The Bertz CT molecular complexity index is 572. The third-order valence-electron chi connectivity index (χ3n) is 2.54. The van der Waals surface area contributed by atoms with Crippen molar-refractivity contribution in [3.05, 3.63) is 30.3 Å². The number of hydrogen-bond acceptors (Lipinski definition) is 5. The highest BCUT2D eigenvalue weighted by Gasteiger charge is 2.14. The van der Waals surface area contributed by atoms with Gasteiger partial charge in [0.2, 0.25) is 0 Å². The average Bonchev–Trinajstić information content (AvgIpc) is 2.94. The van der Waals surface area contributed by atoms with Crippen molar-refractivity contribution in [3.63, 3.8) is 0 Å². The van der Waals surface area contributed by atoms with Gasteiger partial charge >= 0.3 is 0 Å². The van der Waals surface area contributed by atoms with E-state index in [-0.39, 0.29) is 5.69 Å². The van der Waals surface area contributed by atoms with Crippen LogP contribution in [-0.4, -0.2) is 39.3 Å². The van der Waals surface area contributed by atoms with Gasteiger partial charge < -0.3 is 10.1 Å². The summed E-state index contributed by atoms with van der Waals surface area (Å²) < 4.78 is 19.8. The van der Waals surface area contributed by atoms with Crippen LogP contribution < -0.4 is 5.32 Å². The lowest BCUT2D eigenvalue weighted by Gasteiger charge is -2.12. The Morgan fingerprint density at radius 1 is 1.53 bits per heavy atom. The second kappa shape index (κ2) is 5.53. The van der Waals surface area contributed by atoms with Crippen molar-refractivity contribution in [2.45, 2.75) is 13.0 Å². The lowest BCUT2D eigenvalue weighted by Crippen LogP contribution is -2.27. The third-order valence-corrected chi connectivity index (χ3v) is 2.54. The molecule has 0 saturated carbocycles. The Kier molecular flexibility index (Phi) is 3.81. The maximum absolute atomic E-state index is 13.6. The van der Waals surface area contributed by atoms with Crippen molar-refractivity contribution in [2.75, 3.05) is 12.4 Å². The summed E-state index contributed by atoms with van der Waals surface area (Å²) in [5.41, 5.74) is 0.577. The number of aromatic nitrogens is 4. The van der Waals surface area contributed by atoms with Gasteiger partial charge in [-0.25, -0.2) is 9.07 Å². The molecule has 2 rings (SSSR count). The van der Waals surface area contributed by atoms with Crippen LogP contribution >= 0.6 is 0 Å². The van der Waals surface area contributed by atoms with Gasteiger partial charge in [-0.1, -0.05) is 0 Å². The van der Waals surface area contributed by atoms with E-state index >= 15 is 0 Å². The van der Waals surface area contributed by atoms with Crippen molar-refractivity contribution in [2.24, 2.45) is 0 Å². The summed E-state index contributed by atoms with van der Waals surface area (Å²) in [6.07, 6.45) is 0.701. The van der Waals surface area contributed by atoms with E-state index in [0.717, 1.165) is 0 Å². The second-order valence-corrected chi connectivity index (χ2v) is 3.79. The number of benzene rings is 1. The zero-order valence-electron chi connectivity index (χ0n) is 10.4. The van der Waals surface area contributed by atoms with Gasteiger partial charge in [-0.05, 0) is 35.5 Å². The minimum atomic E-state index is -0.670. The number of nitrogens with one attached hydrogen (secondary N) is 1. The highest BCUT2D eigenvalue weighted by Crippen LogP contribution is 2.18. The van der Waals surface area contributed by atoms with Crippen LogP contribution in [0.2, 0.25) is 0 Å². The molecule has 0 aliphatic heterocycles. The first-order chi connectivity index (χ1) is 9.11. The van der Waals surface area contributed by atoms with Gasteiger partial charge in [0, 0.05) is 7.11 Å². The number of amides is 1. The summed E-state index contributed by atoms with van der Waals surface area (Å²) in [4.78, 5) is 11.6. The zero-order valence-corrected chi connectivity index (χ0v) is 10.4. The Labute approximate surface area is 108 Å². The predicted octanol–water partition coefficient (Wildman–Crippen LogP) is 0.775. The number of halogens is 1. The highest BCUT2D eigenvalue weighted by molar-refractivity contribution is 5.94. The van der Waals surface area contributed by atoms with E-state index in [4.69, 9.17) is 4.74 Å². The van der Waals surface area contributed by atoms with Gasteiger partial charge in [0.25, 0.3) is 5.91 Å². The Morgan fingerprint density at radius 3 is 2.95 bits per heavy atom. The van der Waals surface area contributed by atoms with Crippen LogP contribution in [0.1, 0.15) is 6.92 Å². The topological polar surface area (TPSA) is 81.9 Å². The summed E-state index contributed by atoms with van der Waals surface area (Å²) in [7, 11) is 1.40. The van der Waals surface area contributed by atoms with Gasteiger partial charge in [-0.2, -0.15) is 0 Å². The lowest BCUT2D eigenvalue weighted by molar-refractivity contribution is -0.124. The average molecular weight is 265 g/mol. The molecule has 7 nitrogen and oxygen atoms in total. The molecule has 0 spiro atoms. The molecule has 1 amide bonds. The fourth-order valence-corrected chi connectivity index (χ4v) is 1.37. The molecule has 1 atom stereocenters. The Hall–Kier alpha value is -2.35. The number of carbonyl (C=O) groups excluding carboxylic acids is 1. The number of methoxy groups -OCH3 is 1. The molecule has 0 aliphatic carbocycles. The normalized spacial score (nSPS) is 12.2. The molecule has 19 heavy (non-hydrogen) atoms. The van der Waals surface area contributed by atoms with Crippen LogP contribution in [0.25, 0.3) is 5.69 Å². The van der Waals surface area contributed by atoms with Gasteiger partial charge in [0.15, 0.2) is 0 Å². The number of anilines is 1. The molecule has 0 radical (unpaired) electrons. The molecule has 0 aliphatic rings. The number of ether oxygens (including phenoxy) is 1. The van der Waals surface area contributed by atoms with Crippen molar-refractivity contribution in [1.29, 1.82) is 0 Å². The Balaban J connectivity index is 2.25. The monoisotopic (exact) mass is 265 g/mol. The van der Waals surface area contributed by atoms with Crippen molar-refractivity contribution < 1.29 is 13.9 Å². The summed E-state index contributed by atoms with van der Waals surface area (Å²) >= 11 is 0. The van der Waals surface area contributed by atoms with E-state index in [1.807, 2.05) is 0 Å². The van der Waals surface area contributed by atoms with Gasteiger partial charge in [0.05, 0.1) is 11.4 Å². The fourth-order valence-electron chi connectivity index (χ4n) is 1.37. The molecule has 2 aromatic rings. The molecule has 0 saturated heterocycles. The van der Waals surface area contributed by atoms with E-state index in [1.54, 1.807) is 6.92 Å². The third kappa shape index (κ3) is 2.91. The molecule has 1 N–H and O–H groups in total. The molecule has 1 aromatic heterocycles. The quantitative estimate of drug-likeness (QED) is 0.883. The van der Waals surface area contributed by atoms with Crippen LogP contribution in [0, 0.1) is 5.82 Å². The minimum absolute atomic E-state index is 0.0434. The number of hydrogen-bond donors (Lipinski definition) is 1. The number of nitrogens with zero attached hydrogens (tertiary/aromatic N) is 4. The van der Waals surface area contributed by atoms with Crippen molar-refractivity contribution in [1.82, 2.24) is 20.2 Å². The molecule has 1 unspecified atom stereocenters. The maximum atomic E-state index is 13.6. The summed E-state index contributed by atoms with van der Waals surface area (Å²) in [5, 5.41) is 13.1. The Morgan fingerprint density at radius 2 is 2.32 bits per heavy atom. The molecular formula is C11H12FN5O2. The largest absolute Gasteiger partial charge is 0.372 e. The van der Waals surface area contributed by atoms with Gasteiger partial charge in [0.1, 0.15) is 18.2 Å². The van der Waals surface area contributed by atoms with Crippen LogP contribution in [0.4, 0.5) is 10.1 Å². The standard InChI is InChI=1S/C11H12FN5O2/c1-7(19-2)11(18)14-10-5-8(3-4-9(10)12)17-6-13-15-16-17/h3-7H,1-2H3,(H,14,18). The molecule has 100 valence electrons. The fraction of sp³-hybridized carbons (Fsp3) is 0.273. The molecule has 0 bridgehead atoms. The lowest BCUT2D eigenvalue weighted by atomic mass is 10.2. The number of carbonyl (C=O) groups is 1. The SMILES string of the molecule is COC(C)C(=O)Nc1cc(-n2cnnn2)ccc1F. The van der Waals surface area contributed by atoms with Crippen LogP contribution in [0.3, 0.4) is 0 Å².